The van der Waals surface area contributed by atoms with Crippen LogP contribution >= 0.6 is 0 Å². The Morgan fingerprint density at radius 3 is 2.73 bits per heavy atom. The van der Waals surface area contributed by atoms with Gasteiger partial charge in [0, 0.05) is 60.6 Å². The zero-order chi connectivity index (χ0) is 27.1. The Balaban J connectivity index is 1.14. The Bertz CT molecular complexity index is 1650. The van der Waals surface area contributed by atoms with Gasteiger partial charge in [0.25, 0.3) is 5.91 Å². The molecule has 5 heterocycles. The number of likely N-dealkylation sites (tertiary alicyclic amines) is 1. The molecule has 40 heavy (non-hydrogen) atoms. The fourth-order valence-electron chi connectivity index (χ4n) is 5.85. The summed E-state index contributed by atoms with van der Waals surface area (Å²) in [6.45, 7) is 2.89. The van der Waals surface area contributed by atoms with E-state index in [1.54, 1.807) is 12.4 Å². The molecule has 1 aromatic carbocycles. The molecule has 1 saturated heterocycles. The van der Waals surface area contributed by atoms with Gasteiger partial charge in [0.2, 0.25) is 0 Å². The molecule has 9 nitrogen and oxygen atoms in total. The van der Waals surface area contributed by atoms with E-state index in [4.69, 9.17) is 10.7 Å². The first-order valence-electron chi connectivity index (χ1n) is 14.0. The minimum absolute atomic E-state index is 0.187. The number of rotatable bonds is 7. The van der Waals surface area contributed by atoms with Crippen LogP contribution in [0.5, 0.6) is 0 Å². The van der Waals surface area contributed by atoms with Crippen LogP contribution < -0.4 is 11.1 Å². The largest absolute Gasteiger partial charge is 0.382 e. The van der Waals surface area contributed by atoms with Gasteiger partial charge in [0.1, 0.15) is 28.7 Å². The second kappa shape index (κ2) is 10.2. The quantitative estimate of drug-likeness (QED) is 0.265. The van der Waals surface area contributed by atoms with Gasteiger partial charge in [0.15, 0.2) is 0 Å². The van der Waals surface area contributed by atoms with Gasteiger partial charge < -0.3 is 16.0 Å². The van der Waals surface area contributed by atoms with Crippen molar-refractivity contribution in [3.05, 3.63) is 96.0 Å². The number of nitrogens with two attached hydrogens (primary N) is 1. The van der Waals surface area contributed by atoms with E-state index >= 15 is 0 Å². The van der Waals surface area contributed by atoms with E-state index in [1.807, 2.05) is 54.9 Å². The molecule has 0 unspecified atom stereocenters. The molecule has 0 spiro atoms. The monoisotopic (exact) mass is 532 g/mol. The Morgan fingerprint density at radius 2 is 1.93 bits per heavy atom. The summed E-state index contributed by atoms with van der Waals surface area (Å²) >= 11 is 0. The van der Waals surface area contributed by atoms with Gasteiger partial charge in [-0.15, -0.1) is 0 Å². The van der Waals surface area contributed by atoms with Crippen LogP contribution in [-0.2, 0) is 6.54 Å². The number of pyridine rings is 1. The van der Waals surface area contributed by atoms with Crippen LogP contribution in [0.3, 0.4) is 0 Å². The van der Waals surface area contributed by atoms with Crippen LogP contribution in [0.2, 0.25) is 0 Å². The highest BCUT2D eigenvalue weighted by molar-refractivity contribution is 6.04. The molecule has 1 saturated carbocycles. The van der Waals surface area contributed by atoms with Gasteiger partial charge in [-0.3, -0.25) is 14.1 Å². The number of piperidine rings is 1. The number of hydrogen-bond acceptors (Lipinski definition) is 6. The molecule has 0 bridgehead atoms. The molecule has 2 fully saturated rings. The van der Waals surface area contributed by atoms with Crippen molar-refractivity contribution in [2.24, 2.45) is 0 Å². The van der Waals surface area contributed by atoms with Crippen molar-refractivity contribution < 1.29 is 4.79 Å². The minimum atomic E-state index is -0.187. The van der Waals surface area contributed by atoms with Crippen LogP contribution in [0.1, 0.15) is 65.0 Å². The summed E-state index contributed by atoms with van der Waals surface area (Å²) in [7, 11) is 0. The molecule has 1 amide bonds. The third kappa shape index (κ3) is 4.84. The number of benzene rings is 1. The van der Waals surface area contributed by atoms with Gasteiger partial charge in [-0.1, -0.05) is 12.1 Å². The number of nitrogens with zero attached hydrogens (tertiary/aromatic N) is 5. The van der Waals surface area contributed by atoms with E-state index in [0.29, 0.717) is 23.1 Å². The maximum Gasteiger partial charge on any atom is 0.256 e. The zero-order valence-corrected chi connectivity index (χ0v) is 22.3. The minimum Gasteiger partial charge on any atom is -0.382 e. The summed E-state index contributed by atoms with van der Waals surface area (Å²) in [5, 5.41) is 2.94. The first kappa shape index (κ1) is 24.5. The van der Waals surface area contributed by atoms with Crippen LogP contribution in [0, 0.1) is 0 Å². The number of aromatic nitrogens is 5. The fourth-order valence-corrected chi connectivity index (χ4v) is 5.85. The lowest BCUT2D eigenvalue weighted by atomic mass is 9.97. The number of imidazole rings is 1. The molecule has 2 aliphatic rings. The maximum atomic E-state index is 13.0. The van der Waals surface area contributed by atoms with E-state index in [9.17, 15) is 4.79 Å². The molecule has 4 aromatic heterocycles. The van der Waals surface area contributed by atoms with Crippen LogP contribution in [0.25, 0.3) is 16.8 Å². The predicted octanol–water partition coefficient (Wildman–Crippen LogP) is 5.21. The van der Waals surface area contributed by atoms with Crippen molar-refractivity contribution >= 4 is 23.1 Å². The number of fused-ring (bicyclic) bond motifs is 1. The summed E-state index contributed by atoms with van der Waals surface area (Å²) in [4.78, 5) is 32.6. The Kier molecular flexibility index (Phi) is 6.28. The molecule has 7 rings (SSSR count). The number of nitrogen functional groups attached to an aromatic ring is 1. The second-order valence-electron chi connectivity index (χ2n) is 10.9. The SMILES string of the molecule is Nc1nccn2c([C@@H]3CCCN(Cc4ccc[nH]4)C3)nc(-c3ccc(C(=O)Nc4cc(C5CC5)ccn4)cc3)c12. The van der Waals surface area contributed by atoms with Crippen molar-refractivity contribution in [3.8, 4) is 11.3 Å². The molecule has 1 aliphatic heterocycles. The van der Waals surface area contributed by atoms with Crippen LogP contribution in [-0.4, -0.2) is 48.2 Å². The van der Waals surface area contributed by atoms with Crippen molar-refractivity contribution in [1.82, 2.24) is 29.2 Å². The van der Waals surface area contributed by atoms with Gasteiger partial charge >= 0.3 is 0 Å². The number of H-pyrrole nitrogens is 1. The Hall–Kier alpha value is -4.50. The standard InChI is InChI=1S/C31H32N8O/c32-29-28-27(21-7-9-22(10-8-21)31(40)36-26-17-23(11-13-34-26)20-5-6-20)37-30(39(28)16-14-35-29)24-3-2-15-38(18-24)19-25-4-1-12-33-25/h1,4,7-14,16-17,20,24,33H,2-3,5-6,15,18-19H2,(H2,32,35)(H,34,36,40)/t24-/m1/s1. The second-order valence-corrected chi connectivity index (χ2v) is 10.9. The van der Waals surface area contributed by atoms with Gasteiger partial charge in [-0.25, -0.2) is 15.0 Å². The van der Waals surface area contributed by atoms with Crippen molar-refractivity contribution in [1.29, 1.82) is 0 Å². The summed E-state index contributed by atoms with van der Waals surface area (Å²) in [5.74, 6) is 2.71. The average Bonchev–Trinajstić information content (AvgIpc) is 3.57. The number of amides is 1. The van der Waals surface area contributed by atoms with Crippen LogP contribution in [0.15, 0.2) is 73.3 Å². The third-order valence-corrected chi connectivity index (χ3v) is 8.03. The summed E-state index contributed by atoms with van der Waals surface area (Å²) in [5.41, 5.74) is 11.9. The average molecular weight is 533 g/mol. The van der Waals surface area contributed by atoms with E-state index in [1.165, 1.54) is 24.1 Å². The lowest BCUT2D eigenvalue weighted by Gasteiger charge is -2.31. The van der Waals surface area contributed by atoms with Gasteiger partial charge in [-0.05, 0) is 80.1 Å². The predicted molar refractivity (Wildman–Crippen MR) is 155 cm³/mol. The van der Waals surface area contributed by atoms with E-state index in [2.05, 4.69) is 35.6 Å². The summed E-state index contributed by atoms with van der Waals surface area (Å²) < 4.78 is 2.10. The molecule has 9 heteroatoms. The van der Waals surface area contributed by atoms with Gasteiger partial charge in [0.05, 0.1) is 0 Å². The topological polar surface area (TPSA) is 117 Å². The van der Waals surface area contributed by atoms with E-state index in [-0.39, 0.29) is 11.8 Å². The maximum absolute atomic E-state index is 13.0. The smallest absolute Gasteiger partial charge is 0.256 e. The number of carbonyl (C=O) groups is 1. The molecule has 4 N–H and O–H groups in total. The normalized spacial score (nSPS) is 17.8. The number of hydrogen-bond donors (Lipinski definition) is 3. The van der Waals surface area contributed by atoms with Crippen molar-refractivity contribution in [3.63, 3.8) is 0 Å². The van der Waals surface area contributed by atoms with E-state index in [0.717, 1.165) is 55.1 Å². The van der Waals surface area contributed by atoms with Crippen molar-refractivity contribution in [2.45, 2.75) is 44.1 Å². The van der Waals surface area contributed by atoms with Crippen molar-refractivity contribution in [2.75, 3.05) is 24.1 Å². The first-order valence-corrected chi connectivity index (χ1v) is 14.0. The first-order chi connectivity index (χ1) is 19.6. The zero-order valence-electron chi connectivity index (χ0n) is 22.3. The highest BCUT2D eigenvalue weighted by atomic mass is 16.1. The number of anilines is 2. The highest BCUT2D eigenvalue weighted by Crippen LogP contribution is 2.40. The molecule has 202 valence electrons. The van der Waals surface area contributed by atoms with E-state index < -0.39 is 0 Å². The number of carbonyl (C=O) groups excluding carboxylic acids is 1. The summed E-state index contributed by atoms with van der Waals surface area (Å²) in [6.07, 6.45) is 12.0. The van der Waals surface area contributed by atoms with Crippen LogP contribution in [0.4, 0.5) is 11.6 Å². The molecular formula is C31H32N8O. The lowest BCUT2D eigenvalue weighted by molar-refractivity contribution is 0.102. The highest BCUT2D eigenvalue weighted by Gasteiger charge is 2.28. The molecule has 5 aromatic rings. The molecule has 1 aliphatic carbocycles. The molecule has 0 radical (unpaired) electrons. The fraction of sp³-hybridized carbons (Fsp3) is 0.290. The Morgan fingerprint density at radius 1 is 1.05 bits per heavy atom. The third-order valence-electron chi connectivity index (χ3n) is 8.03. The number of nitrogens with one attached hydrogen (secondary N) is 2. The molecule has 1 atom stereocenters. The summed E-state index contributed by atoms with van der Waals surface area (Å²) in [6, 6.07) is 15.7. The lowest BCUT2D eigenvalue weighted by Crippen LogP contribution is -2.34. The Labute approximate surface area is 232 Å². The number of aromatic amines is 1. The van der Waals surface area contributed by atoms with Gasteiger partial charge in [-0.2, -0.15) is 0 Å². The molecular weight excluding hydrogens is 500 g/mol.